The molecule has 218 valence electrons. The number of nitrogens with one attached hydrogen (secondary N) is 1. The first kappa shape index (κ1) is 31.9. The lowest BCUT2D eigenvalue weighted by Crippen LogP contribution is -2.58. The highest BCUT2D eigenvalue weighted by molar-refractivity contribution is 9.10. The predicted molar refractivity (Wildman–Crippen MR) is 150 cm³/mol. The van der Waals surface area contributed by atoms with Crippen molar-refractivity contribution in [3.8, 4) is 11.5 Å². The maximum Gasteiger partial charge on any atom is 0.267 e. The number of halogens is 4. The third-order valence-electron chi connectivity index (χ3n) is 6.36. The van der Waals surface area contributed by atoms with Gasteiger partial charge in [0.2, 0.25) is 0 Å². The van der Waals surface area contributed by atoms with Crippen LogP contribution in [0.2, 0.25) is 0 Å². The Balaban J connectivity index is 2.12. The first-order valence-corrected chi connectivity index (χ1v) is 16.3. The normalized spacial score (nSPS) is 20.6. The number of methoxy groups -OCH3 is 2. The summed E-state index contributed by atoms with van der Waals surface area (Å²) in [6.07, 6.45) is -0.902. The van der Waals surface area contributed by atoms with Gasteiger partial charge in [0.05, 0.1) is 20.0 Å². The van der Waals surface area contributed by atoms with Crippen LogP contribution in [0.4, 0.5) is 13.2 Å². The van der Waals surface area contributed by atoms with Crippen molar-refractivity contribution in [2.45, 2.75) is 51.1 Å². The van der Waals surface area contributed by atoms with Gasteiger partial charge in [-0.1, -0.05) is 19.4 Å². The summed E-state index contributed by atoms with van der Waals surface area (Å²) in [5.74, 6) is -0.763. The molecule has 0 fully saturated rings. The standard InChI is InChI=1S/C25H34BrF3N4O4S2/c1-4-5-14-38(34)32-25(24(28)29,23-20(27)10-11-22(26)31-23)17-39(35)30-12-6-7-13-33(39)16-18-8-9-19(36-2)15-21(18)37-3/h8-11,15,24,32H,4-7,12-14,16-17H2,1-3H3/t25-,38?,39?/m0/s1. The SMILES string of the molecule is CCCC[S+]([O-])N[C@@](CS1(=O)=NCCCCN1Cc1ccc(OC)cc1OC)(c1nc(Br)ccc1F)C(F)F. The molecule has 0 spiro atoms. The van der Waals surface area contributed by atoms with E-state index in [1.54, 1.807) is 18.2 Å². The van der Waals surface area contributed by atoms with Gasteiger partial charge in [0.15, 0.2) is 5.54 Å². The van der Waals surface area contributed by atoms with Crippen LogP contribution in [0.25, 0.3) is 0 Å². The van der Waals surface area contributed by atoms with Crippen LogP contribution in [-0.4, -0.2) is 63.3 Å². The Hall–Kier alpha value is -1.58. The Morgan fingerprint density at radius 2 is 2.03 bits per heavy atom. The van der Waals surface area contributed by atoms with E-state index in [2.05, 4.69) is 30.0 Å². The highest BCUT2D eigenvalue weighted by Gasteiger charge is 2.52. The summed E-state index contributed by atoms with van der Waals surface area (Å²) in [5, 5.41) is 0. The van der Waals surface area contributed by atoms with Crippen molar-refractivity contribution in [2.24, 2.45) is 4.36 Å². The number of hydrogen-bond acceptors (Lipinski definition) is 7. The van der Waals surface area contributed by atoms with Gasteiger partial charge in [-0.2, -0.15) is 0 Å². The molecule has 2 unspecified atom stereocenters. The largest absolute Gasteiger partial charge is 0.598 e. The Bertz CT molecular complexity index is 1240. The van der Waals surface area contributed by atoms with Gasteiger partial charge in [-0.3, -0.25) is 0 Å². The second kappa shape index (κ2) is 14.4. The molecule has 1 N–H and O–H groups in total. The van der Waals surface area contributed by atoms with Crippen LogP contribution in [0.1, 0.15) is 43.9 Å². The molecule has 0 amide bonds. The van der Waals surface area contributed by atoms with Gasteiger partial charge in [-0.05, 0) is 53.4 Å². The highest BCUT2D eigenvalue weighted by atomic mass is 79.9. The first-order valence-electron chi connectivity index (χ1n) is 12.5. The summed E-state index contributed by atoms with van der Waals surface area (Å²) in [5.41, 5.74) is -2.66. The predicted octanol–water partition coefficient (Wildman–Crippen LogP) is 5.19. The highest BCUT2D eigenvalue weighted by Crippen LogP contribution is 2.36. The van der Waals surface area contributed by atoms with Crippen LogP contribution in [0.3, 0.4) is 0 Å². The van der Waals surface area contributed by atoms with Gasteiger partial charge < -0.3 is 14.0 Å². The number of rotatable bonds is 13. The van der Waals surface area contributed by atoms with E-state index in [1.807, 2.05) is 6.92 Å². The van der Waals surface area contributed by atoms with Crippen molar-refractivity contribution < 1.29 is 31.4 Å². The van der Waals surface area contributed by atoms with Gasteiger partial charge in [-0.25, -0.2) is 31.0 Å². The molecule has 2 aromatic rings. The Kier molecular flexibility index (Phi) is 11.8. The fourth-order valence-electron chi connectivity index (χ4n) is 4.24. The quantitative estimate of drug-likeness (QED) is 0.236. The van der Waals surface area contributed by atoms with Crippen LogP contribution in [-0.2, 0) is 33.4 Å². The average Bonchev–Trinajstić information content (AvgIpc) is 3.09. The van der Waals surface area contributed by atoms with E-state index < -0.39 is 50.5 Å². The van der Waals surface area contributed by atoms with Crippen molar-refractivity contribution in [1.82, 2.24) is 14.0 Å². The Morgan fingerprint density at radius 1 is 1.26 bits per heavy atom. The van der Waals surface area contributed by atoms with Crippen LogP contribution in [0, 0.1) is 5.82 Å². The summed E-state index contributed by atoms with van der Waals surface area (Å²) in [7, 11) is -0.573. The minimum Gasteiger partial charge on any atom is -0.598 e. The molecule has 3 atom stereocenters. The van der Waals surface area contributed by atoms with Crippen molar-refractivity contribution in [1.29, 1.82) is 0 Å². The molecule has 1 aromatic carbocycles. The van der Waals surface area contributed by atoms with E-state index in [0.29, 0.717) is 49.3 Å². The lowest BCUT2D eigenvalue weighted by Gasteiger charge is -2.36. The zero-order chi connectivity index (χ0) is 28.6. The minimum absolute atomic E-state index is 0.0612. The molecule has 0 saturated carbocycles. The van der Waals surface area contributed by atoms with E-state index in [0.717, 1.165) is 6.07 Å². The number of hydrogen-bond donors (Lipinski definition) is 1. The van der Waals surface area contributed by atoms with Crippen LogP contribution in [0.5, 0.6) is 11.5 Å². The van der Waals surface area contributed by atoms with Crippen LogP contribution < -0.4 is 14.2 Å². The van der Waals surface area contributed by atoms with Crippen molar-refractivity contribution >= 4 is 37.2 Å². The summed E-state index contributed by atoms with van der Waals surface area (Å²) in [6, 6.07) is 7.42. The lowest BCUT2D eigenvalue weighted by molar-refractivity contribution is 0.0491. The van der Waals surface area contributed by atoms with E-state index >= 15 is 13.2 Å². The maximum atomic E-state index is 15.2. The number of ether oxygens (including phenoxy) is 2. The number of pyridine rings is 1. The summed E-state index contributed by atoms with van der Waals surface area (Å²) in [6.45, 7) is 2.42. The molecule has 3 rings (SSSR count). The van der Waals surface area contributed by atoms with Gasteiger partial charge in [0.1, 0.15) is 43.3 Å². The molecule has 8 nitrogen and oxygen atoms in total. The van der Waals surface area contributed by atoms with Gasteiger partial charge in [0, 0.05) is 42.6 Å². The van der Waals surface area contributed by atoms with E-state index in [4.69, 9.17) is 9.47 Å². The molecule has 0 saturated heterocycles. The molecule has 2 heterocycles. The fourth-order valence-corrected chi connectivity index (χ4v) is 8.49. The Morgan fingerprint density at radius 3 is 2.69 bits per heavy atom. The summed E-state index contributed by atoms with van der Waals surface area (Å²) >= 11 is 1.14. The zero-order valence-corrected chi connectivity index (χ0v) is 25.4. The van der Waals surface area contributed by atoms with Crippen molar-refractivity contribution in [3.05, 3.63) is 52.0 Å². The monoisotopic (exact) mass is 654 g/mol. The summed E-state index contributed by atoms with van der Waals surface area (Å²) in [4.78, 5) is 4.02. The lowest BCUT2D eigenvalue weighted by atomic mass is 9.98. The number of alkyl halides is 2. The van der Waals surface area contributed by atoms with Gasteiger partial charge in [0.25, 0.3) is 6.43 Å². The molecule has 39 heavy (non-hydrogen) atoms. The first-order chi connectivity index (χ1) is 18.6. The molecule has 14 heteroatoms. The third-order valence-corrected chi connectivity index (χ3v) is 10.6. The fraction of sp³-hybridized carbons (Fsp3) is 0.560. The van der Waals surface area contributed by atoms with Crippen LogP contribution in [0.15, 0.2) is 39.3 Å². The molecular weight excluding hydrogens is 621 g/mol. The number of nitrogens with zero attached hydrogens (tertiary/aromatic N) is 3. The molecule has 1 aliphatic heterocycles. The summed E-state index contributed by atoms with van der Waals surface area (Å²) < 4.78 is 92.4. The minimum atomic E-state index is -3.58. The molecular formula is C25H34BrF3N4O4S2. The third kappa shape index (κ3) is 7.79. The average molecular weight is 656 g/mol. The van der Waals surface area contributed by atoms with Crippen molar-refractivity contribution in [3.63, 3.8) is 0 Å². The van der Waals surface area contributed by atoms with E-state index in [1.165, 1.54) is 24.6 Å². The molecule has 0 aliphatic carbocycles. The van der Waals surface area contributed by atoms with E-state index in [9.17, 15) is 8.76 Å². The second-order valence-electron chi connectivity index (χ2n) is 9.09. The maximum absolute atomic E-state index is 15.2. The zero-order valence-electron chi connectivity index (χ0n) is 22.1. The number of unbranched alkanes of at least 4 members (excludes halogenated alkanes) is 1. The number of benzene rings is 1. The molecule has 1 aliphatic rings. The smallest absolute Gasteiger partial charge is 0.267 e. The van der Waals surface area contributed by atoms with E-state index in [-0.39, 0.29) is 23.4 Å². The van der Waals surface area contributed by atoms with Gasteiger partial charge in [-0.15, -0.1) is 4.72 Å². The van der Waals surface area contributed by atoms with Crippen LogP contribution >= 0.6 is 15.9 Å². The van der Waals surface area contributed by atoms with Crippen molar-refractivity contribution in [2.75, 3.05) is 38.8 Å². The second-order valence-corrected chi connectivity index (χ2v) is 13.5. The molecule has 0 bridgehead atoms. The molecule has 0 radical (unpaired) electrons. The Labute approximate surface area is 239 Å². The van der Waals surface area contributed by atoms with Gasteiger partial charge >= 0.3 is 0 Å². The topological polar surface area (TPSA) is 99.1 Å². The number of aromatic nitrogens is 1. The molecule has 1 aromatic heterocycles.